The van der Waals surface area contributed by atoms with Crippen molar-refractivity contribution in [3.05, 3.63) is 109 Å². The first kappa shape index (κ1) is 24.4. The summed E-state index contributed by atoms with van der Waals surface area (Å²) in [6.07, 6.45) is 4.96. The molecular weight excluding hydrogens is 427 g/mol. The molecule has 6 rings (SSSR count). The number of benzene rings is 4. The van der Waals surface area contributed by atoms with Crippen LogP contribution in [0.25, 0.3) is 21.5 Å². The van der Waals surface area contributed by atoms with Gasteiger partial charge in [-0.15, -0.1) is 0 Å². The first-order valence-corrected chi connectivity index (χ1v) is 12.6. The molecule has 2 heterocycles. The smallest absolute Gasteiger partial charge is 0.260 e. The Hall–Kier alpha value is -3.72. The Labute approximate surface area is 209 Å². The molecule has 0 N–H and O–H groups in total. The molecule has 4 aromatic carbocycles. The lowest BCUT2D eigenvalue weighted by Crippen LogP contribution is -2.51. The Kier molecular flexibility index (Phi) is 7.46. The topological polar surface area (TPSA) is 18.5 Å². The van der Waals surface area contributed by atoms with Gasteiger partial charge >= 0.3 is 0 Å². The van der Waals surface area contributed by atoms with Crippen molar-refractivity contribution in [2.24, 2.45) is 0 Å². The van der Waals surface area contributed by atoms with Gasteiger partial charge in [0, 0.05) is 16.2 Å². The number of ether oxygens (including phenoxy) is 2. The third-order valence-electron chi connectivity index (χ3n) is 6.11. The van der Waals surface area contributed by atoms with Crippen LogP contribution in [-0.2, 0) is 0 Å². The molecule has 0 radical (unpaired) electrons. The van der Waals surface area contributed by atoms with Crippen molar-refractivity contribution in [3.63, 3.8) is 0 Å². The molecule has 0 unspecified atom stereocenters. The van der Waals surface area contributed by atoms with E-state index in [2.05, 4.69) is 93.2 Å². The lowest BCUT2D eigenvalue weighted by molar-refractivity contribution is 0.405. The number of rotatable bonds is 1. The van der Waals surface area contributed by atoms with Crippen LogP contribution in [0.4, 0.5) is 0 Å². The van der Waals surface area contributed by atoms with Gasteiger partial charge < -0.3 is 9.47 Å². The Bertz CT molecular complexity index is 1440. The van der Waals surface area contributed by atoms with Crippen molar-refractivity contribution < 1.29 is 9.47 Å². The molecule has 0 fully saturated rings. The fraction of sp³-hybridized carbons (Fsp3) is 0.188. The van der Waals surface area contributed by atoms with Crippen LogP contribution >= 0.6 is 0 Å². The third kappa shape index (κ3) is 4.27. The highest BCUT2D eigenvalue weighted by molar-refractivity contribution is 6.93. The van der Waals surface area contributed by atoms with Gasteiger partial charge in [0.25, 0.3) is 6.71 Å². The van der Waals surface area contributed by atoms with Crippen LogP contribution in [0.5, 0.6) is 11.5 Å². The molecule has 0 spiro atoms. The quantitative estimate of drug-likeness (QED) is 0.271. The highest BCUT2D eigenvalue weighted by atomic mass is 16.5. The highest BCUT2D eigenvalue weighted by Gasteiger charge is 2.41. The SMILES string of the molecule is C=C/C=C1/Oc2c(ccc3ccccc23)B2C1=C(C)Oc1c2ccc2ccccc12.CC.CCC. The number of hydrogen-bond acceptors (Lipinski definition) is 2. The van der Waals surface area contributed by atoms with Crippen LogP contribution in [0.3, 0.4) is 0 Å². The van der Waals surface area contributed by atoms with E-state index in [1.807, 2.05) is 26.8 Å². The van der Waals surface area contributed by atoms with E-state index in [1.165, 1.54) is 28.1 Å². The Morgan fingerprint density at radius 2 is 1.23 bits per heavy atom. The number of fused-ring (bicyclic) bond motifs is 9. The van der Waals surface area contributed by atoms with Gasteiger partial charge in [0.05, 0.1) is 5.76 Å². The van der Waals surface area contributed by atoms with Crippen molar-refractivity contribution in [1.29, 1.82) is 0 Å². The summed E-state index contributed by atoms with van der Waals surface area (Å²) in [6, 6.07) is 25.5. The fourth-order valence-corrected chi connectivity index (χ4v) is 4.80. The van der Waals surface area contributed by atoms with Crippen LogP contribution in [0.1, 0.15) is 41.0 Å². The van der Waals surface area contributed by atoms with Gasteiger partial charge in [-0.25, -0.2) is 0 Å². The van der Waals surface area contributed by atoms with E-state index in [9.17, 15) is 0 Å². The van der Waals surface area contributed by atoms with Crippen LogP contribution in [0, 0.1) is 0 Å². The summed E-state index contributed by atoms with van der Waals surface area (Å²) < 4.78 is 12.9. The Morgan fingerprint density at radius 1 is 0.743 bits per heavy atom. The molecule has 0 bridgehead atoms. The fourth-order valence-electron chi connectivity index (χ4n) is 4.80. The van der Waals surface area contributed by atoms with E-state index >= 15 is 0 Å². The zero-order valence-corrected chi connectivity index (χ0v) is 21.4. The van der Waals surface area contributed by atoms with Gasteiger partial charge in [-0.3, -0.25) is 0 Å². The van der Waals surface area contributed by atoms with E-state index in [-0.39, 0.29) is 6.71 Å². The maximum atomic E-state index is 6.48. The average molecular weight is 460 g/mol. The van der Waals surface area contributed by atoms with Crippen molar-refractivity contribution in [3.8, 4) is 11.5 Å². The molecule has 0 atom stereocenters. The lowest BCUT2D eigenvalue weighted by Gasteiger charge is -2.35. The van der Waals surface area contributed by atoms with E-state index in [0.29, 0.717) is 0 Å². The van der Waals surface area contributed by atoms with E-state index < -0.39 is 0 Å². The average Bonchev–Trinajstić information content (AvgIpc) is 2.90. The summed E-state index contributed by atoms with van der Waals surface area (Å²) in [5.74, 6) is 3.54. The molecule has 2 aliphatic rings. The normalized spacial score (nSPS) is 14.4. The molecule has 0 aliphatic carbocycles. The number of allylic oxidation sites excluding steroid dienone is 4. The van der Waals surface area contributed by atoms with Gasteiger partial charge in [0.1, 0.15) is 17.3 Å². The first-order chi connectivity index (χ1) is 17.2. The van der Waals surface area contributed by atoms with Crippen molar-refractivity contribution in [2.45, 2.75) is 41.0 Å². The molecular formula is C32H33BO2. The van der Waals surface area contributed by atoms with Crippen molar-refractivity contribution >= 4 is 39.2 Å². The summed E-state index contributed by atoms with van der Waals surface area (Å²) in [6.45, 7) is 14.2. The van der Waals surface area contributed by atoms with Crippen LogP contribution < -0.4 is 20.4 Å². The van der Waals surface area contributed by atoms with Crippen LogP contribution in [-0.4, -0.2) is 6.71 Å². The molecule has 3 heteroatoms. The minimum atomic E-state index is 0.0536. The summed E-state index contributed by atoms with van der Waals surface area (Å²) in [5, 5.41) is 4.61. The molecule has 0 saturated heterocycles. The second-order valence-corrected chi connectivity index (χ2v) is 8.49. The van der Waals surface area contributed by atoms with Crippen molar-refractivity contribution in [2.75, 3.05) is 0 Å². The van der Waals surface area contributed by atoms with E-state index in [4.69, 9.17) is 9.47 Å². The minimum absolute atomic E-state index is 0.0536. The van der Waals surface area contributed by atoms with Crippen molar-refractivity contribution in [1.82, 2.24) is 0 Å². The maximum absolute atomic E-state index is 6.48. The molecule has 35 heavy (non-hydrogen) atoms. The standard InChI is InChI=1S/C27H19BO2.C3H8.C2H6/c1-3-8-24-25-17(2)29-26-20-11-6-4-9-18(20)13-15-22(26)28(25)23-16-14-19-10-5-7-12-21(19)27(23)30-24;1-3-2;1-2/h3-16H,1H2,2H3;3H2,1-2H3;1-2H3/b24-8+;;. The predicted molar refractivity (Wildman–Crippen MR) is 152 cm³/mol. The van der Waals surface area contributed by atoms with Gasteiger partial charge in [0.2, 0.25) is 0 Å². The molecule has 4 aromatic rings. The maximum Gasteiger partial charge on any atom is 0.260 e. The van der Waals surface area contributed by atoms with Gasteiger partial charge in [0.15, 0.2) is 0 Å². The molecule has 0 amide bonds. The number of hydrogen-bond donors (Lipinski definition) is 0. The lowest BCUT2D eigenvalue weighted by atomic mass is 9.34. The Morgan fingerprint density at radius 3 is 1.74 bits per heavy atom. The molecule has 2 nitrogen and oxygen atoms in total. The monoisotopic (exact) mass is 460 g/mol. The largest absolute Gasteiger partial charge is 0.462 e. The van der Waals surface area contributed by atoms with Crippen LogP contribution in [0.2, 0.25) is 0 Å². The summed E-state index contributed by atoms with van der Waals surface area (Å²) in [5.41, 5.74) is 3.41. The second-order valence-electron chi connectivity index (χ2n) is 8.49. The van der Waals surface area contributed by atoms with E-state index in [0.717, 1.165) is 39.3 Å². The molecule has 2 aliphatic heterocycles. The summed E-state index contributed by atoms with van der Waals surface area (Å²) >= 11 is 0. The predicted octanol–water partition coefficient (Wildman–Crippen LogP) is 7.71. The zero-order chi connectivity index (χ0) is 24.9. The second kappa shape index (κ2) is 10.7. The van der Waals surface area contributed by atoms with Gasteiger partial charge in [-0.05, 0) is 34.7 Å². The van der Waals surface area contributed by atoms with Crippen LogP contribution in [0.15, 0.2) is 109 Å². The third-order valence-corrected chi connectivity index (χ3v) is 6.11. The first-order valence-electron chi connectivity index (χ1n) is 12.6. The summed E-state index contributed by atoms with van der Waals surface area (Å²) in [7, 11) is 0. The molecule has 176 valence electrons. The minimum Gasteiger partial charge on any atom is -0.462 e. The molecule has 0 aromatic heterocycles. The zero-order valence-electron chi connectivity index (χ0n) is 21.4. The Balaban J connectivity index is 0.000000539. The highest BCUT2D eigenvalue weighted by Crippen LogP contribution is 2.39. The summed E-state index contributed by atoms with van der Waals surface area (Å²) in [4.78, 5) is 0. The molecule has 0 saturated carbocycles. The van der Waals surface area contributed by atoms with E-state index in [1.54, 1.807) is 6.08 Å². The van der Waals surface area contributed by atoms with Gasteiger partial charge in [-0.1, -0.05) is 120 Å². The van der Waals surface area contributed by atoms with Gasteiger partial charge in [-0.2, -0.15) is 0 Å².